The van der Waals surface area contributed by atoms with Crippen LogP contribution in [0.4, 0.5) is 0 Å². The van der Waals surface area contributed by atoms with Crippen LogP contribution in [0.2, 0.25) is 0 Å². The summed E-state index contributed by atoms with van der Waals surface area (Å²) in [5, 5.41) is 0. The summed E-state index contributed by atoms with van der Waals surface area (Å²) in [6, 6.07) is 17.9. The molecule has 0 amide bonds. The topological polar surface area (TPSA) is 0 Å². The van der Waals surface area contributed by atoms with E-state index in [9.17, 15) is 0 Å². The van der Waals surface area contributed by atoms with Crippen LogP contribution in [0.25, 0.3) is 0 Å². The summed E-state index contributed by atoms with van der Waals surface area (Å²) in [6.45, 7) is 8.83. The summed E-state index contributed by atoms with van der Waals surface area (Å²) in [5.74, 6) is 0.299. The van der Waals surface area contributed by atoms with Crippen LogP contribution in [0.5, 0.6) is 0 Å². The summed E-state index contributed by atoms with van der Waals surface area (Å²) >= 11 is 5.44. The molecule has 0 spiro atoms. The lowest BCUT2D eigenvalue weighted by atomic mass is 9.82. The van der Waals surface area contributed by atoms with E-state index in [0.29, 0.717) is 5.92 Å². The first-order valence-corrected chi connectivity index (χ1v) is 9.46. The molecule has 0 saturated carbocycles. The zero-order valence-corrected chi connectivity index (χ0v) is 16.4. The highest BCUT2D eigenvalue weighted by molar-refractivity contribution is 9.10. The highest BCUT2D eigenvalue weighted by atomic mass is 79.9. The van der Waals surface area contributed by atoms with Crippen LogP contribution in [-0.4, -0.2) is 0 Å². The molecule has 0 bridgehead atoms. The molecule has 0 aliphatic heterocycles. The normalized spacial score (nSPS) is 12.4. The van der Waals surface area contributed by atoms with E-state index >= 15 is 0 Å². The van der Waals surface area contributed by atoms with Gasteiger partial charge in [-0.3, -0.25) is 0 Å². The first-order chi connectivity index (χ1) is 11.0. The molecular formula is C21H21BrS. The highest BCUT2D eigenvalue weighted by Gasteiger charge is 2.22. The Kier molecular flexibility index (Phi) is 4.74. The first-order valence-electron chi connectivity index (χ1n) is 7.85. The predicted molar refractivity (Wildman–Crippen MR) is 105 cm³/mol. The van der Waals surface area contributed by atoms with E-state index in [1.54, 1.807) is 0 Å². The van der Waals surface area contributed by atoms with E-state index < -0.39 is 0 Å². The van der Waals surface area contributed by atoms with Gasteiger partial charge >= 0.3 is 0 Å². The molecule has 0 fully saturated rings. The molecule has 3 aromatic rings. The number of thiophene rings is 1. The average molecular weight is 385 g/mol. The Morgan fingerprint density at radius 1 is 0.826 bits per heavy atom. The quantitative estimate of drug-likeness (QED) is 0.459. The summed E-state index contributed by atoms with van der Waals surface area (Å²) in [5.41, 5.74) is 6.86. The molecule has 0 radical (unpaired) electrons. The predicted octanol–water partition coefficient (Wildman–Crippen LogP) is 6.92. The first kappa shape index (κ1) is 16.5. The third-order valence-electron chi connectivity index (χ3n) is 4.34. The fourth-order valence-electron chi connectivity index (χ4n) is 3.19. The van der Waals surface area contributed by atoms with Crippen molar-refractivity contribution >= 4 is 27.3 Å². The van der Waals surface area contributed by atoms with E-state index in [2.05, 4.69) is 92.2 Å². The Morgan fingerprint density at radius 3 is 2.13 bits per heavy atom. The van der Waals surface area contributed by atoms with Gasteiger partial charge in [0.1, 0.15) is 0 Å². The van der Waals surface area contributed by atoms with E-state index in [1.807, 2.05) is 11.3 Å². The molecule has 1 heterocycles. The molecule has 118 valence electrons. The molecule has 0 nitrogen and oxygen atoms in total. The van der Waals surface area contributed by atoms with Gasteiger partial charge in [0.2, 0.25) is 0 Å². The van der Waals surface area contributed by atoms with Crippen LogP contribution in [0.3, 0.4) is 0 Å². The lowest BCUT2D eigenvalue weighted by Crippen LogP contribution is -2.06. The zero-order valence-electron chi connectivity index (χ0n) is 14.0. The van der Waals surface area contributed by atoms with Crippen molar-refractivity contribution in [3.05, 3.63) is 90.6 Å². The van der Waals surface area contributed by atoms with Crippen molar-refractivity contribution in [1.82, 2.24) is 0 Å². The van der Waals surface area contributed by atoms with Crippen LogP contribution in [0, 0.1) is 27.7 Å². The van der Waals surface area contributed by atoms with Crippen LogP contribution < -0.4 is 0 Å². The molecule has 2 heteroatoms. The van der Waals surface area contributed by atoms with Gasteiger partial charge in [0.15, 0.2) is 0 Å². The summed E-state index contributed by atoms with van der Waals surface area (Å²) in [6.07, 6.45) is 0. The van der Waals surface area contributed by atoms with Gasteiger partial charge in [-0.25, -0.2) is 0 Å². The standard InChI is InChI=1S/C21H21BrS/c1-13-5-6-14(2)19(11-13)21(17-7-9-18(22)10-8-17)20-12-15(3)23-16(20)4/h5-12,21H,1-4H3. The van der Waals surface area contributed by atoms with Crippen LogP contribution >= 0.6 is 27.3 Å². The lowest BCUT2D eigenvalue weighted by molar-refractivity contribution is 0.955. The minimum atomic E-state index is 0.299. The monoisotopic (exact) mass is 384 g/mol. The molecule has 2 aromatic carbocycles. The van der Waals surface area contributed by atoms with Gasteiger partial charge in [-0.1, -0.05) is 51.8 Å². The van der Waals surface area contributed by atoms with Crippen molar-refractivity contribution in [2.24, 2.45) is 0 Å². The molecule has 23 heavy (non-hydrogen) atoms. The molecule has 0 aliphatic carbocycles. The highest BCUT2D eigenvalue weighted by Crippen LogP contribution is 2.39. The minimum absolute atomic E-state index is 0.299. The van der Waals surface area contributed by atoms with Gasteiger partial charge in [-0.05, 0) is 68.1 Å². The van der Waals surface area contributed by atoms with E-state index in [1.165, 1.54) is 37.6 Å². The van der Waals surface area contributed by atoms with Gasteiger partial charge in [-0.15, -0.1) is 11.3 Å². The van der Waals surface area contributed by atoms with Crippen molar-refractivity contribution in [2.45, 2.75) is 33.6 Å². The smallest absolute Gasteiger partial charge is 0.0353 e. The Bertz CT molecular complexity index is 828. The number of aryl methyl sites for hydroxylation is 4. The Hall–Kier alpha value is -1.38. The molecule has 3 rings (SSSR count). The van der Waals surface area contributed by atoms with Gasteiger partial charge < -0.3 is 0 Å². The second-order valence-electron chi connectivity index (χ2n) is 6.21. The maximum Gasteiger partial charge on any atom is 0.0353 e. The van der Waals surface area contributed by atoms with E-state index in [-0.39, 0.29) is 0 Å². The number of halogens is 1. The second-order valence-corrected chi connectivity index (χ2v) is 8.59. The maximum atomic E-state index is 3.55. The van der Waals surface area contributed by atoms with Crippen molar-refractivity contribution in [1.29, 1.82) is 0 Å². The zero-order chi connectivity index (χ0) is 16.6. The van der Waals surface area contributed by atoms with Gasteiger partial charge in [0.25, 0.3) is 0 Å². The fourth-order valence-corrected chi connectivity index (χ4v) is 4.42. The van der Waals surface area contributed by atoms with Gasteiger partial charge in [0.05, 0.1) is 0 Å². The number of rotatable bonds is 3. The Balaban J connectivity index is 2.23. The number of benzene rings is 2. The summed E-state index contributed by atoms with van der Waals surface area (Å²) in [4.78, 5) is 2.79. The Morgan fingerprint density at radius 2 is 1.52 bits per heavy atom. The molecule has 0 saturated heterocycles. The molecule has 0 N–H and O–H groups in total. The van der Waals surface area contributed by atoms with Crippen molar-refractivity contribution in [2.75, 3.05) is 0 Å². The third kappa shape index (κ3) is 3.44. The largest absolute Gasteiger partial charge is 0.146 e. The number of hydrogen-bond acceptors (Lipinski definition) is 1. The SMILES string of the molecule is Cc1ccc(C)c(C(c2ccc(Br)cc2)c2cc(C)sc2C)c1. The summed E-state index contributed by atoms with van der Waals surface area (Å²) in [7, 11) is 0. The molecule has 0 aliphatic rings. The Labute approximate surface area is 151 Å². The lowest BCUT2D eigenvalue weighted by Gasteiger charge is -2.21. The molecule has 1 atom stereocenters. The molecular weight excluding hydrogens is 364 g/mol. The van der Waals surface area contributed by atoms with Gasteiger partial charge in [-0.2, -0.15) is 0 Å². The molecule has 1 aromatic heterocycles. The van der Waals surface area contributed by atoms with E-state index in [4.69, 9.17) is 0 Å². The van der Waals surface area contributed by atoms with Crippen LogP contribution in [0.15, 0.2) is 53.0 Å². The second kappa shape index (κ2) is 6.62. The van der Waals surface area contributed by atoms with Crippen molar-refractivity contribution in [3.63, 3.8) is 0 Å². The fraction of sp³-hybridized carbons (Fsp3) is 0.238. The van der Waals surface area contributed by atoms with Gasteiger partial charge in [0, 0.05) is 20.1 Å². The van der Waals surface area contributed by atoms with Crippen molar-refractivity contribution in [3.8, 4) is 0 Å². The maximum absolute atomic E-state index is 3.55. The summed E-state index contributed by atoms with van der Waals surface area (Å²) < 4.78 is 1.12. The number of hydrogen-bond donors (Lipinski definition) is 0. The molecule has 1 unspecified atom stereocenters. The van der Waals surface area contributed by atoms with Crippen LogP contribution in [-0.2, 0) is 0 Å². The van der Waals surface area contributed by atoms with Crippen molar-refractivity contribution < 1.29 is 0 Å². The minimum Gasteiger partial charge on any atom is -0.146 e. The average Bonchev–Trinajstić information content (AvgIpc) is 2.83. The third-order valence-corrected chi connectivity index (χ3v) is 5.85. The van der Waals surface area contributed by atoms with Crippen LogP contribution in [0.1, 0.15) is 43.5 Å². The van der Waals surface area contributed by atoms with E-state index in [0.717, 1.165) is 4.47 Å².